The quantitative estimate of drug-likeness (QED) is 0.806. The van der Waals surface area contributed by atoms with E-state index >= 15 is 0 Å². The van der Waals surface area contributed by atoms with E-state index < -0.39 is 0 Å². The maximum Gasteiger partial charge on any atom is 0.123 e. The van der Waals surface area contributed by atoms with E-state index in [1.165, 1.54) is 12.0 Å². The van der Waals surface area contributed by atoms with Crippen molar-refractivity contribution in [1.29, 1.82) is 0 Å². The second kappa shape index (κ2) is 7.65. The molecule has 0 aliphatic carbocycles. The standard InChI is InChI=1S/C19H29NO3/c1-21-13-7-17-8-14-23-19(17)9-11-20(12-10-19)15-16-5-3-4-6-18(16)22-2/h3-6,17H,7-15H2,1-2H3. The normalized spacial score (nSPS) is 24.2. The van der Waals surface area contributed by atoms with Crippen LogP contribution in [0.4, 0.5) is 0 Å². The molecule has 128 valence electrons. The van der Waals surface area contributed by atoms with Gasteiger partial charge in [0.2, 0.25) is 0 Å². The molecular weight excluding hydrogens is 290 g/mol. The molecule has 2 heterocycles. The van der Waals surface area contributed by atoms with Gasteiger partial charge in [0.1, 0.15) is 5.75 Å². The molecule has 1 aromatic carbocycles. The topological polar surface area (TPSA) is 30.9 Å². The zero-order valence-electron chi connectivity index (χ0n) is 14.4. The van der Waals surface area contributed by atoms with Crippen LogP contribution in [-0.2, 0) is 16.0 Å². The smallest absolute Gasteiger partial charge is 0.123 e. The van der Waals surface area contributed by atoms with Crippen molar-refractivity contribution in [3.63, 3.8) is 0 Å². The Morgan fingerprint density at radius 2 is 2.00 bits per heavy atom. The number of ether oxygens (including phenoxy) is 3. The van der Waals surface area contributed by atoms with Gasteiger partial charge < -0.3 is 14.2 Å². The largest absolute Gasteiger partial charge is 0.496 e. The van der Waals surface area contributed by atoms with Crippen molar-refractivity contribution < 1.29 is 14.2 Å². The van der Waals surface area contributed by atoms with E-state index in [2.05, 4.69) is 17.0 Å². The first-order valence-electron chi connectivity index (χ1n) is 8.74. The number of benzene rings is 1. The summed E-state index contributed by atoms with van der Waals surface area (Å²) in [4.78, 5) is 2.53. The fraction of sp³-hybridized carbons (Fsp3) is 0.684. The van der Waals surface area contributed by atoms with Gasteiger partial charge in [0.05, 0.1) is 12.7 Å². The van der Waals surface area contributed by atoms with E-state index in [0.29, 0.717) is 5.92 Å². The van der Waals surface area contributed by atoms with Crippen LogP contribution in [0.2, 0.25) is 0 Å². The summed E-state index contributed by atoms with van der Waals surface area (Å²) >= 11 is 0. The lowest BCUT2D eigenvalue weighted by Crippen LogP contribution is -2.47. The molecule has 2 saturated heterocycles. The first-order chi connectivity index (χ1) is 11.3. The molecule has 2 aliphatic rings. The molecule has 0 radical (unpaired) electrons. The molecule has 0 saturated carbocycles. The molecule has 4 nitrogen and oxygen atoms in total. The average Bonchev–Trinajstić information content (AvgIpc) is 2.98. The number of piperidine rings is 1. The number of methoxy groups -OCH3 is 2. The minimum Gasteiger partial charge on any atom is -0.496 e. The van der Waals surface area contributed by atoms with Gasteiger partial charge in [-0.25, -0.2) is 0 Å². The van der Waals surface area contributed by atoms with Gasteiger partial charge >= 0.3 is 0 Å². The third-order valence-corrected chi connectivity index (χ3v) is 5.56. The van der Waals surface area contributed by atoms with E-state index in [-0.39, 0.29) is 5.60 Å². The van der Waals surface area contributed by atoms with Crippen molar-refractivity contribution in [2.45, 2.75) is 37.8 Å². The summed E-state index contributed by atoms with van der Waals surface area (Å²) in [6, 6.07) is 8.32. The molecule has 1 unspecified atom stereocenters. The summed E-state index contributed by atoms with van der Waals surface area (Å²) in [6.45, 7) is 4.92. The molecule has 0 bridgehead atoms. The van der Waals surface area contributed by atoms with Crippen molar-refractivity contribution >= 4 is 0 Å². The van der Waals surface area contributed by atoms with Crippen LogP contribution in [0.3, 0.4) is 0 Å². The highest BCUT2D eigenvalue weighted by Gasteiger charge is 2.45. The maximum atomic E-state index is 6.23. The van der Waals surface area contributed by atoms with E-state index in [4.69, 9.17) is 14.2 Å². The van der Waals surface area contributed by atoms with Crippen molar-refractivity contribution in [2.75, 3.05) is 40.5 Å². The fourth-order valence-electron chi connectivity index (χ4n) is 4.17. The SMILES string of the molecule is COCCC1CCOC12CCN(Cc1ccccc1OC)CC2. The monoisotopic (exact) mass is 319 g/mol. The van der Waals surface area contributed by atoms with E-state index in [9.17, 15) is 0 Å². The Morgan fingerprint density at radius 1 is 1.22 bits per heavy atom. The minimum absolute atomic E-state index is 0.107. The number of likely N-dealkylation sites (tertiary alicyclic amines) is 1. The first-order valence-corrected chi connectivity index (χ1v) is 8.74. The maximum absolute atomic E-state index is 6.23. The molecule has 2 aliphatic heterocycles. The zero-order chi connectivity index (χ0) is 16.1. The summed E-state index contributed by atoms with van der Waals surface area (Å²) < 4.78 is 17.0. The number of hydrogen-bond donors (Lipinski definition) is 0. The van der Waals surface area contributed by atoms with Crippen molar-refractivity contribution in [3.05, 3.63) is 29.8 Å². The number of hydrogen-bond acceptors (Lipinski definition) is 4. The lowest BCUT2D eigenvalue weighted by molar-refractivity contribution is -0.0721. The summed E-state index contributed by atoms with van der Waals surface area (Å²) in [5, 5.41) is 0. The molecule has 1 spiro atoms. The number of nitrogens with zero attached hydrogens (tertiary/aromatic N) is 1. The van der Waals surface area contributed by atoms with Gasteiger partial charge in [-0.2, -0.15) is 0 Å². The summed E-state index contributed by atoms with van der Waals surface area (Å²) in [6.07, 6.45) is 4.59. The van der Waals surface area contributed by atoms with Gasteiger partial charge in [-0.05, 0) is 37.7 Å². The molecule has 1 aromatic rings. The Kier molecular flexibility index (Phi) is 5.57. The lowest BCUT2D eigenvalue weighted by Gasteiger charge is -2.42. The van der Waals surface area contributed by atoms with E-state index in [1.807, 2.05) is 12.1 Å². The van der Waals surface area contributed by atoms with Crippen molar-refractivity contribution in [2.24, 2.45) is 5.92 Å². The van der Waals surface area contributed by atoms with Crippen LogP contribution < -0.4 is 4.74 Å². The van der Waals surface area contributed by atoms with Gasteiger partial charge in [0, 0.05) is 45.5 Å². The highest BCUT2D eigenvalue weighted by Crippen LogP contribution is 2.42. The number of para-hydroxylation sites is 1. The van der Waals surface area contributed by atoms with Gasteiger partial charge in [-0.3, -0.25) is 4.90 Å². The highest BCUT2D eigenvalue weighted by atomic mass is 16.5. The lowest BCUT2D eigenvalue weighted by atomic mass is 9.78. The summed E-state index contributed by atoms with van der Waals surface area (Å²) in [7, 11) is 3.54. The predicted octanol–water partition coefficient (Wildman–Crippen LogP) is 3.10. The van der Waals surface area contributed by atoms with Gasteiger partial charge in [-0.15, -0.1) is 0 Å². The average molecular weight is 319 g/mol. The molecule has 1 atom stereocenters. The molecule has 3 rings (SSSR count). The van der Waals surface area contributed by atoms with Crippen LogP contribution in [0, 0.1) is 5.92 Å². The minimum atomic E-state index is 0.107. The van der Waals surface area contributed by atoms with Gasteiger partial charge in [0.15, 0.2) is 0 Å². The third kappa shape index (κ3) is 3.70. The Bertz CT molecular complexity index is 497. The van der Waals surface area contributed by atoms with E-state index in [0.717, 1.165) is 57.9 Å². The van der Waals surface area contributed by atoms with Crippen LogP contribution in [0.25, 0.3) is 0 Å². The van der Waals surface area contributed by atoms with Gasteiger partial charge in [0.25, 0.3) is 0 Å². The zero-order valence-corrected chi connectivity index (χ0v) is 14.4. The molecule has 23 heavy (non-hydrogen) atoms. The van der Waals surface area contributed by atoms with Crippen molar-refractivity contribution in [1.82, 2.24) is 4.90 Å². The van der Waals surface area contributed by atoms with Crippen LogP contribution >= 0.6 is 0 Å². The van der Waals surface area contributed by atoms with Gasteiger partial charge in [-0.1, -0.05) is 18.2 Å². The second-order valence-electron chi connectivity index (χ2n) is 6.77. The molecular formula is C19H29NO3. The fourth-order valence-corrected chi connectivity index (χ4v) is 4.17. The van der Waals surface area contributed by atoms with Crippen molar-refractivity contribution in [3.8, 4) is 5.75 Å². The van der Waals surface area contributed by atoms with E-state index in [1.54, 1.807) is 14.2 Å². The van der Waals surface area contributed by atoms with Crippen LogP contribution in [0.1, 0.15) is 31.2 Å². The molecule has 0 amide bonds. The Balaban J connectivity index is 1.57. The molecule has 0 N–H and O–H groups in total. The highest BCUT2D eigenvalue weighted by molar-refractivity contribution is 5.33. The summed E-state index contributed by atoms with van der Waals surface area (Å²) in [5.41, 5.74) is 1.38. The second-order valence-corrected chi connectivity index (χ2v) is 6.77. The molecule has 4 heteroatoms. The Labute approximate surface area is 139 Å². The van der Waals surface area contributed by atoms with Crippen LogP contribution in [0.5, 0.6) is 5.75 Å². The summed E-state index contributed by atoms with van der Waals surface area (Å²) in [5.74, 6) is 1.65. The van der Waals surface area contributed by atoms with Crippen LogP contribution in [-0.4, -0.2) is 51.0 Å². The Morgan fingerprint density at radius 3 is 2.74 bits per heavy atom. The molecule has 0 aromatic heterocycles. The van der Waals surface area contributed by atoms with Crippen LogP contribution in [0.15, 0.2) is 24.3 Å². The number of rotatable bonds is 6. The first kappa shape index (κ1) is 16.7. The molecule has 2 fully saturated rings. The predicted molar refractivity (Wildman–Crippen MR) is 90.8 cm³/mol. The third-order valence-electron chi connectivity index (χ3n) is 5.56. The Hall–Kier alpha value is -1.10.